The van der Waals surface area contributed by atoms with Crippen molar-refractivity contribution in [3.8, 4) is 17.0 Å². The maximum atomic E-state index is 12.4. The summed E-state index contributed by atoms with van der Waals surface area (Å²) in [6.07, 6.45) is 6.61. The zero-order valence-corrected chi connectivity index (χ0v) is 21.4. The molecule has 4 aromatic rings. The molecule has 0 bridgehead atoms. The van der Waals surface area contributed by atoms with E-state index in [2.05, 4.69) is 42.8 Å². The molecule has 3 heterocycles. The number of anilines is 4. The lowest BCUT2D eigenvalue weighted by Crippen LogP contribution is -2.29. The molecule has 0 aliphatic carbocycles. The van der Waals surface area contributed by atoms with Crippen LogP contribution in [0.25, 0.3) is 16.8 Å². The first-order valence-corrected chi connectivity index (χ1v) is 11.7. The lowest BCUT2D eigenvalue weighted by molar-refractivity contribution is -0.111. The van der Waals surface area contributed by atoms with Crippen LogP contribution >= 0.6 is 0 Å². The summed E-state index contributed by atoms with van der Waals surface area (Å²) in [6, 6.07) is 11.4. The molecule has 0 saturated heterocycles. The third kappa shape index (κ3) is 5.95. The van der Waals surface area contributed by atoms with Crippen LogP contribution in [0.1, 0.15) is 0 Å². The minimum atomic E-state index is -0.334. The monoisotopic (exact) mass is 498 g/mol. The predicted molar refractivity (Wildman–Crippen MR) is 147 cm³/mol. The van der Waals surface area contributed by atoms with Crippen molar-refractivity contribution in [2.75, 3.05) is 56.9 Å². The Labute approximate surface area is 215 Å². The van der Waals surface area contributed by atoms with Gasteiger partial charge in [0, 0.05) is 50.2 Å². The quantitative estimate of drug-likeness (QED) is 0.251. The van der Waals surface area contributed by atoms with Crippen LogP contribution < -0.4 is 20.3 Å². The van der Waals surface area contributed by atoms with Crippen molar-refractivity contribution < 1.29 is 9.53 Å². The molecule has 1 amide bonds. The topological polar surface area (TPSA) is 99.9 Å². The van der Waals surface area contributed by atoms with Crippen molar-refractivity contribution in [2.45, 2.75) is 0 Å². The summed E-state index contributed by atoms with van der Waals surface area (Å²) >= 11 is 0. The highest BCUT2D eigenvalue weighted by Crippen LogP contribution is 2.38. The Hall–Kier alpha value is -4.66. The van der Waals surface area contributed by atoms with Gasteiger partial charge in [-0.3, -0.25) is 4.79 Å². The molecule has 0 aliphatic rings. The van der Waals surface area contributed by atoms with Crippen molar-refractivity contribution in [1.82, 2.24) is 24.5 Å². The average molecular weight is 499 g/mol. The van der Waals surface area contributed by atoms with Crippen LogP contribution in [0.2, 0.25) is 0 Å². The van der Waals surface area contributed by atoms with Crippen LogP contribution in [-0.2, 0) is 4.79 Å². The predicted octanol–water partition coefficient (Wildman–Crippen LogP) is 3.82. The number of carbonyl (C=O) groups is 1. The Morgan fingerprint density at radius 1 is 1.19 bits per heavy atom. The number of pyridine rings is 1. The second-order valence-corrected chi connectivity index (χ2v) is 8.61. The van der Waals surface area contributed by atoms with E-state index in [1.165, 1.54) is 6.08 Å². The van der Waals surface area contributed by atoms with Gasteiger partial charge in [0.2, 0.25) is 5.95 Å². The first-order valence-electron chi connectivity index (χ1n) is 11.7. The van der Waals surface area contributed by atoms with Gasteiger partial charge in [0.25, 0.3) is 5.91 Å². The number of hydrogen-bond acceptors (Lipinski definition) is 8. The summed E-state index contributed by atoms with van der Waals surface area (Å²) in [5.74, 6) is 0.622. The van der Waals surface area contributed by atoms with Crippen LogP contribution in [0, 0.1) is 0 Å². The minimum Gasteiger partial charge on any atom is -0.494 e. The number of likely N-dealkylation sites (N-methyl/N-ethyl adjacent to an activating group) is 2. The number of carbonyl (C=O) groups excluding carboxylic acids is 1. The first kappa shape index (κ1) is 25.4. The van der Waals surface area contributed by atoms with Crippen LogP contribution in [0.15, 0.2) is 73.4 Å². The van der Waals surface area contributed by atoms with E-state index in [1.807, 2.05) is 57.7 Å². The molecule has 3 aromatic heterocycles. The van der Waals surface area contributed by atoms with Crippen molar-refractivity contribution in [3.63, 3.8) is 0 Å². The number of fused-ring (bicyclic) bond motifs is 1. The number of rotatable bonds is 10. The molecule has 10 heteroatoms. The smallest absolute Gasteiger partial charge is 0.256 e. The van der Waals surface area contributed by atoms with E-state index in [0.717, 1.165) is 35.6 Å². The summed E-state index contributed by atoms with van der Waals surface area (Å²) < 4.78 is 7.49. The molecule has 4 rings (SSSR count). The third-order valence-corrected chi connectivity index (χ3v) is 5.71. The zero-order chi connectivity index (χ0) is 26.4. The molecule has 1 aromatic carbocycles. The number of nitrogens with zero attached hydrogens (tertiary/aromatic N) is 6. The molecular weight excluding hydrogens is 468 g/mol. The molecule has 10 nitrogen and oxygen atoms in total. The van der Waals surface area contributed by atoms with Crippen molar-refractivity contribution in [1.29, 1.82) is 0 Å². The van der Waals surface area contributed by atoms with Gasteiger partial charge in [-0.05, 0) is 38.4 Å². The number of nitrogens with one attached hydrogen (secondary N) is 2. The zero-order valence-electron chi connectivity index (χ0n) is 21.4. The second kappa shape index (κ2) is 11.4. The number of ether oxygens (including phenoxy) is 1. The lowest BCUT2D eigenvalue weighted by atomic mass is 10.2. The van der Waals surface area contributed by atoms with Crippen LogP contribution in [0.5, 0.6) is 5.75 Å². The second-order valence-electron chi connectivity index (χ2n) is 8.61. The molecule has 0 spiro atoms. The van der Waals surface area contributed by atoms with Gasteiger partial charge >= 0.3 is 0 Å². The van der Waals surface area contributed by atoms with Gasteiger partial charge in [0.1, 0.15) is 5.75 Å². The van der Waals surface area contributed by atoms with Gasteiger partial charge in [-0.2, -0.15) is 5.10 Å². The van der Waals surface area contributed by atoms with Gasteiger partial charge < -0.3 is 25.2 Å². The van der Waals surface area contributed by atoms with Gasteiger partial charge in [-0.25, -0.2) is 14.5 Å². The van der Waals surface area contributed by atoms with E-state index in [4.69, 9.17) is 9.72 Å². The number of benzene rings is 1. The van der Waals surface area contributed by atoms with Crippen molar-refractivity contribution >= 4 is 34.4 Å². The minimum absolute atomic E-state index is 0.334. The largest absolute Gasteiger partial charge is 0.494 e. The summed E-state index contributed by atoms with van der Waals surface area (Å²) in [5.41, 5.74) is 7.06. The van der Waals surface area contributed by atoms with E-state index < -0.39 is 0 Å². The van der Waals surface area contributed by atoms with E-state index in [9.17, 15) is 4.79 Å². The number of aromatic nitrogens is 4. The molecular formula is C27H30N8O2. The highest BCUT2D eigenvalue weighted by molar-refractivity contribution is 6.02. The fourth-order valence-electron chi connectivity index (χ4n) is 3.80. The fourth-order valence-corrected chi connectivity index (χ4v) is 3.80. The summed E-state index contributed by atoms with van der Waals surface area (Å²) in [5, 5.41) is 10.6. The fraction of sp³-hybridized carbons (Fsp3) is 0.222. The normalized spacial score (nSPS) is 10.7. The Balaban J connectivity index is 1.70. The van der Waals surface area contributed by atoms with Gasteiger partial charge in [0.15, 0.2) is 0 Å². The number of amides is 1. The van der Waals surface area contributed by atoms with E-state index in [-0.39, 0.29) is 5.91 Å². The van der Waals surface area contributed by atoms with Gasteiger partial charge in [-0.15, -0.1) is 5.73 Å². The molecule has 0 fully saturated rings. The van der Waals surface area contributed by atoms with Crippen LogP contribution in [0.4, 0.5) is 23.0 Å². The molecule has 0 saturated carbocycles. The van der Waals surface area contributed by atoms with E-state index >= 15 is 0 Å². The molecule has 0 radical (unpaired) electrons. The summed E-state index contributed by atoms with van der Waals surface area (Å²) in [7, 11) is 7.59. The molecule has 0 unspecified atom stereocenters. The van der Waals surface area contributed by atoms with Gasteiger partial charge in [-0.1, -0.05) is 12.6 Å². The van der Waals surface area contributed by atoms with Crippen LogP contribution in [0.3, 0.4) is 0 Å². The summed E-state index contributed by atoms with van der Waals surface area (Å²) in [6.45, 7) is 5.07. The molecule has 190 valence electrons. The third-order valence-electron chi connectivity index (χ3n) is 5.71. The number of hydrogen-bond donors (Lipinski definition) is 2. The number of methoxy groups -OCH3 is 1. The summed E-state index contributed by atoms with van der Waals surface area (Å²) in [4.78, 5) is 25.6. The Kier molecular flexibility index (Phi) is 7.83. The van der Waals surface area contributed by atoms with Crippen molar-refractivity contribution in [3.05, 3.63) is 73.4 Å². The maximum absolute atomic E-state index is 12.4. The molecule has 0 atom stereocenters. The molecule has 2 N–H and O–H groups in total. The SMILES string of the molecule is C=C=CC(=O)Nc1cc(Nc2nccc(-c3cnn4ccccc34)n2)c(OC)cc1N(C)CCN(C)C. The Morgan fingerprint density at radius 2 is 2.03 bits per heavy atom. The standard InChI is InChI=1S/C27H30N8O2/c1-6-9-26(36)30-21-16-22(25(37-5)17-24(21)34(4)15-14-33(2)3)32-27-28-12-11-20(31-27)19-18-29-35-13-8-7-10-23(19)35/h7-13,16-18H,1,14-15H2,2-5H3,(H,30,36)(H,28,31,32). The molecule has 37 heavy (non-hydrogen) atoms. The molecule has 0 aliphatic heterocycles. The van der Waals surface area contributed by atoms with E-state index in [1.54, 1.807) is 30.1 Å². The van der Waals surface area contributed by atoms with Crippen molar-refractivity contribution in [2.24, 2.45) is 0 Å². The Bertz CT molecular complexity index is 1460. The Morgan fingerprint density at radius 3 is 2.78 bits per heavy atom. The van der Waals surface area contributed by atoms with Gasteiger partial charge in [0.05, 0.1) is 41.6 Å². The van der Waals surface area contributed by atoms with Crippen LogP contribution in [-0.4, -0.2) is 71.7 Å². The highest BCUT2D eigenvalue weighted by Gasteiger charge is 2.17. The lowest BCUT2D eigenvalue weighted by Gasteiger charge is -2.25. The van der Waals surface area contributed by atoms with E-state index in [0.29, 0.717) is 23.1 Å². The highest BCUT2D eigenvalue weighted by atomic mass is 16.5. The maximum Gasteiger partial charge on any atom is 0.256 e. The average Bonchev–Trinajstić information content (AvgIpc) is 3.32. The first-order chi connectivity index (χ1) is 17.9.